The van der Waals surface area contributed by atoms with Gasteiger partial charge in [0, 0.05) is 13.0 Å². The third-order valence-corrected chi connectivity index (χ3v) is 2.89. The first-order valence-corrected chi connectivity index (χ1v) is 7.01. The molecule has 1 aromatic heterocycles. The number of oxazole rings is 1. The largest absolute Gasteiger partial charge is 0.481 e. The number of aromatic nitrogens is 1. The van der Waals surface area contributed by atoms with Crippen LogP contribution in [0.1, 0.15) is 38.3 Å². The molecule has 0 aliphatic rings. The predicted molar refractivity (Wildman–Crippen MR) is 76.7 cm³/mol. The molecule has 0 saturated heterocycles. The first-order valence-electron chi connectivity index (χ1n) is 7.01. The minimum atomic E-state index is -0.849. The molecule has 7 nitrogen and oxygen atoms in total. The Labute approximate surface area is 124 Å². The number of carbonyl (C=O) groups excluding carboxylic acids is 1. The highest BCUT2D eigenvalue weighted by Gasteiger charge is 2.16. The summed E-state index contributed by atoms with van der Waals surface area (Å²) in [4.78, 5) is 26.4. The van der Waals surface area contributed by atoms with Gasteiger partial charge in [0.1, 0.15) is 5.76 Å². The molecular formula is C14H23N3O4. The van der Waals surface area contributed by atoms with E-state index in [4.69, 9.17) is 9.52 Å². The van der Waals surface area contributed by atoms with Crippen molar-refractivity contribution >= 4 is 12.0 Å². The van der Waals surface area contributed by atoms with Gasteiger partial charge in [0.2, 0.25) is 5.89 Å². The zero-order valence-electron chi connectivity index (χ0n) is 12.7. The average Bonchev–Trinajstić information content (AvgIpc) is 2.78. The molecule has 21 heavy (non-hydrogen) atoms. The first-order chi connectivity index (χ1) is 9.86. The van der Waals surface area contributed by atoms with Crippen LogP contribution in [-0.4, -0.2) is 28.6 Å². The van der Waals surface area contributed by atoms with Crippen LogP contribution in [0.3, 0.4) is 0 Å². The van der Waals surface area contributed by atoms with Gasteiger partial charge in [0.05, 0.1) is 12.7 Å². The number of amides is 2. The number of nitrogens with one attached hydrogen (secondary N) is 2. The van der Waals surface area contributed by atoms with E-state index in [1.165, 1.54) is 0 Å². The second-order valence-corrected chi connectivity index (χ2v) is 5.52. The Balaban J connectivity index is 2.33. The highest BCUT2D eigenvalue weighted by Crippen LogP contribution is 2.14. The smallest absolute Gasteiger partial charge is 0.315 e. The lowest BCUT2D eigenvalue weighted by Gasteiger charge is -2.17. The molecule has 0 aliphatic carbocycles. The van der Waals surface area contributed by atoms with Crippen LogP contribution in [0.2, 0.25) is 0 Å². The van der Waals surface area contributed by atoms with E-state index >= 15 is 0 Å². The molecule has 1 atom stereocenters. The van der Waals surface area contributed by atoms with Crippen LogP contribution >= 0.6 is 0 Å². The Kier molecular flexibility index (Phi) is 6.71. The second-order valence-electron chi connectivity index (χ2n) is 5.52. The number of carbonyl (C=O) groups is 2. The summed E-state index contributed by atoms with van der Waals surface area (Å²) in [6, 6.07) is -0.356. The molecule has 0 aliphatic heterocycles. The Morgan fingerprint density at radius 1 is 1.38 bits per heavy atom. The molecule has 0 bridgehead atoms. The Hall–Kier alpha value is -2.05. The van der Waals surface area contributed by atoms with Crippen LogP contribution in [0.4, 0.5) is 4.79 Å². The number of aryl methyl sites for hydroxylation is 1. The molecule has 0 spiro atoms. The third-order valence-electron chi connectivity index (χ3n) is 2.89. The van der Waals surface area contributed by atoms with E-state index in [-0.39, 0.29) is 24.9 Å². The minimum Gasteiger partial charge on any atom is -0.481 e. The molecule has 0 aromatic carbocycles. The van der Waals surface area contributed by atoms with Gasteiger partial charge in [-0.15, -0.1) is 0 Å². The fourth-order valence-corrected chi connectivity index (χ4v) is 2.09. The molecule has 0 unspecified atom stereocenters. The van der Waals surface area contributed by atoms with Crippen LogP contribution in [0.25, 0.3) is 0 Å². The van der Waals surface area contributed by atoms with Crippen LogP contribution < -0.4 is 10.6 Å². The van der Waals surface area contributed by atoms with Gasteiger partial charge >= 0.3 is 12.0 Å². The number of hydrogen-bond donors (Lipinski definition) is 3. The maximum Gasteiger partial charge on any atom is 0.315 e. The molecule has 2 amide bonds. The second kappa shape index (κ2) is 8.28. The summed E-state index contributed by atoms with van der Waals surface area (Å²) in [5.74, 6) is 0.586. The maximum atomic E-state index is 11.7. The van der Waals surface area contributed by atoms with Crippen molar-refractivity contribution in [3.05, 3.63) is 17.8 Å². The topological polar surface area (TPSA) is 104 Å². The van der Waals surface area contributed by atoms with Gasteiger partial charge in [0.15, 0.2) is 0 Å². The van der Waals surface area contributed by atoms with E-state index in [9.17, 15) is 9.59 Å². The van der Waals surface area contributed by atoms with Gasteiger partial charge in [-0.2, -0.15) is 0 Å². The number of rotatable bonds is 8. The zero-order chi connectivity index (χ0) is 15.8. The molecule has 0 radical (unpaired) electrons. The molecule has 7 heteroatoms. The highest BCUT2D eigenvalue weighted by atomic mass is 16.4. The molecule has 1 rings (SSSR count). The van der Waals surface area contributed by atoms with Crippen molar-refractivity contribution in [1.29, 1.82) is 0 Å². The highest BCUT2D eigenvalue weighted by molar-refractivity contribution is 5.73. The number of carboxylic acids is 1. The van der Waals surface area contributed by atoms with Crippen molar-refractivity contribution in [2.75, 3.05) is 6.54 Å². The lowest BCUT2D eigenvalue weighted by Crippen LogP contribution is -2.38. The van der Waals surface area contributed by atoms with Gasteiger partial charge in [-0.05, 0) is 25.2 Å². The SMILES string of the molecule is Cc1cnc(CNC(=O)NC[C@H](CC(=O)O)CC(C)C)o1. The van der Waals surface area contributed by atoms with E-state index in [0.29, 0.717) is 24.1 Å². The van der Waals surface area contributed by atoms with Crippen molar-refractivity contribution in [3.63, 3.8) is 0 Å². The molecule has 1 aromatic rings. The van der Waals surface area contributed by atoms with Crippen molar-refractivity contribution in [2.24, 2.45) is 11.8 Å². The van der Waals surface area contributed by atoms with Crippen LogP contribution in [0, 0.1) is 18.8 Å². The van der Waals surface area contributed by atoms with Gasteiger partial charge in [-0.25, -0.2) is 9.78 Å². The number of urea groups is 1. The zero-order valence-corrected chi connectivity index (χ0v) is 12.7. The molecular weight excluding hydrogens is 274 g/mol. The van der Waals surface area contributed by atoms with Crippen molar-refractivity contribution < 1.29 is 19.1 Å². The summed E-state index contributed by atoms with van der Waals surface area (Å²) in [6.45, 7) is 6.37. The maximum absolute atomic E-state index is 11.7. The summed E-state index contributed by atoms with van der Waals surface area (Å²) < 4.78 is 5.23. The van der Waals surface area contributed by atoms with E-state index in [1.54, 1.807) is 13.1 Å². The van der Waals surface area contributed by atoms with Gasteiger partial charge in [0.25, 0.3) is 0 Å². The summed E-state index contributed by atoms with van der Waals surface area (Å²) in [5, 5.41) is 14.2. The van der Waals surface area contributed by atoms with Crippen molar-refractivity contribution in [1.82, 2.24) is 15.6 Å². The standard InChI is InChI=1S/C14H23N3O4/c1-9(2)4-11(5-13(18)19)7-16-14(20)17-8-12-15-6-10(3)21-12/h6,9,11H,4-5,7-8H2,1-3H3,(H,18,19)(H2,16,17,20)/t11-/m0/s1. The molecule has 1 heterocycles. The van der Waals surface area contributed by atoms with Gasteiger partial charge in [-0.1, -0.05) is 13.8 Å². The summed E-state index contributed by atoms with van der Waals surface area (Å²) in [5.41, 5.74) is 0. The third kappa shape index (κ3) is 7.34. The summed E-state index contributed by atoms with van der Waals surface area (Å²) in [6.07, 6.45) is 2.39. The quantitative estimate of drug-likeness (QED) is 0.680. The van der Waals surface area contributed by atoms with Crippen molar-refractivity contribution in [3.8, 4) is 0 Å². The summed E-state index contributed by atoms with van der Waals surface area (Å²) in [7, 11) is 0. The first kappa shape index (κ1) is 17.0. The lowest BCUT2D eigenvalue weighted by molar-refractivity contribution is -0.138. The van der Waals surface area contributed by atoms with Crippen molar-refractivity contribution in [2.45, 2.75) is 40.2 Å². The lowest BCUT2D eigenvalue weighted by atomic mass is 9.94. The number of hydrogen-bond acceptors (Lipinski definition) is 4. The average molecular weight is 297 g/mol. The Bertz CT molecular complexity index is 471. The molecule has 3 N–H and O–H groups in total. The van der Waals surface area contributed by atoms with Gasteiger partial charge < -0.3 is 20.2 Å². The summed E-state index contributed by atoms with van der Waals surface area (Å²) >= 11 is 0. The van der Waals surface area contributed by atoms with E-state index < -0.39 is 5.97 Å². The van der Waals surface area contributed by atoms with Gasteiger partial charge in [-0.3, -0.25) is 4.79 Å². The van der Waals surface area contributed by atoms with Crippen LogP contribution in [-0.2, 0) is 11.3 Å². The van der Waals surface area contributed by atoms with E-state index in [2.05, 4.69) is 15.6 Å². The number of carboxylic acid groups (broad SMARTS) is 1. The minimum absolute atomic E-state index is 0.0530. The van der Waals surface area contributed by atoms with E-state index in [0.717, 1.165) is 6.42 Å². The predicted octanol–water partition coefficient (Wildman–Crippen LogP) is 1.92. The normalized spacial score (nSPS) is 12.2. The van der Waals surface area contributed by atoms with Crippen LogP contribution in [0.15, 0.2) is 10.6 Å². The fraction of sp³-hybridized carbons (Fsp3) is 0.643. The monoisotopic (exact) mass is 297 g/mol. The number of aliphatic carboxylic acids is 1. The fourth-order valence-electron chi connectivity index (χ4n) is 2.09. The Morgan fingerprint density at radius 2 is 2.10 bits per heavy atom. The Morgan fingerprint density at radius 3 is 2.62 bits per heavy atom. The molecule has 0 saturated carbocycles. The van der Waals surface area contributed by atoms with E-state index in [1.807, 2.05) is 13.8 Å². The molecule has 0 fully saturated rings. The van der Waals surface area contributed by atoms with Crippen LogP contribution in [0.5, 0.6) is 0 Å². The number of nitrogens with zero attached hydrogens (tertiary/aromatic N) is 1. The molecule has 118 valence electrons.